The van der Waals surface area contributed by atoms with Crippen molar-refractivity contribution in [3.8, 4) is 0 Å². The normalized spacial score (nSPS) is 17.8. The molecule has 0 fully saturated rings. The lowest BCUT2D eigenvalue weighted by Gasteiger charge is -2.26. The maximum atomic E-state index is 12.8. The molecule has 126 valence electrons. The van der Waals surface area contributed by atoms with E-state index < -0.39 is 23.5 Å². The molecule has 0 aliphatic carbocycles. The largest absolute Gasteiger partial charge is 0.503 e. The van der Waals surface area contributed by atoms with Gasteiger partial charge in [0.15, 0.2) is 11.5 Å². The highest BCUT2D eigenvalue weighted by molar-refractivity contribution is 7.10. The minimum absolute atomic E-state index is 0.108. The van der Waals surface area contributed by atoms with Crippen molar-refractivity contribution in [2.24, 2.45) is 0 Å². The lowest BCUT2D eigenvalue weighted by Crippen LogP contribution is -2.32. The predicted octanol–water partition coefficient (Wildman–Crippen LogP) is 4.03. The molecule has 24 heavy (non-hydrogen) atoms. The van der Waals surface area contributed by atoms with Crippen molar-refractivity contribution in [1.29, 1.82) is 0 Å². The Labute approximate surface area is 144 Å². The van der Waals surface area contributed by atoms with E-state index in [2.05, 4.69) is 0 Å². The zero-order valence-corrected chi connectivity index (χ0v) is 14.4. The number of furan rings is 1. The molecule has 1 amide bonds. The van der Waals surface area contributed by atoms with Crippen molar-refractivity contribution < 1.29 is 19.1 Å². The van der Waals surface area contributed by atoms with E-state index in [0.717, 1.165) is 23.3 Å². The van der Waals surface area contributed by atoms with Gasteiger partial charge in [0.1, 0.15) is 0 Å². The highest BCUT2D eigenvalue weighted by Crippen LogP contribution is 2.42. The number of rotatable bonds is 6. The van der Waals surface area contributed by atoms with E-state index in [-0.39, 0.29) is 11.3 Å². The number of hydrogen-bond donors (Lipinski definition) is 1. The first kappa shape index (κ1) is 16.5. The number of carbonyl (C=O) groups excluding carboxylic acids is 2. The fraction of sp³-hybridized carbons (Fsp3) is 0.333. The highest BCUT2D eigenvalue weighted by Gasteiger charge is 2.45. The van der Waals surface area contributed by atoms with Gasteiger partial charge in [-0.05, 0) is 42.5 Å². The van der Waals surface area contributed by atoms with Crippen LogP contribution < -0.4 is 0 Å². The van der Waals surface area contributed by atoms with Gasteiger partial charge < -0.3 is 14.4 Å². The first-order valence-corrected chi connectivity index (χ1v) is 8.80. The molecular formula is C18H19NO4S. The van der Waals surface area contributed by atoms with E-state index in [1.54, 1.807) is 17.0 Å². The molecule has 1 aliphatic heterocycles. The third-order valence-electron chi connectivity index (χ3n) is 4.20. The smallest absolute Gasteiger partial charge is 0.290 e. The summed E-state index contributed by atoms with van der Waals surface area (Å²) in [5.74, 6) is -1.27. The molecule has 0 saturated carbocycles. The lowest BCUT2D eigenvalue weighted by molar-refractivity contribution is -0.129. The van der Waals surface area contributed by atoms with E-state index in [9.17, 15) is 14.7 Å². The van der Waals surface area contributed by atoms with Crippen LogP contribution >= 0.6 is 11.3 Å². The van der Waals surface area contributed by atoms with Crippen molar-refractivity contribution in [3.63, 3.8) is 0 Å². The number of aliphatic hydroxyl groups is 1. The number of carbonyl (C=O) groups is 2. The van der Waals surface area contributed by atoms with Crippen LogP contribution in [-0.2, 0) is 4.79 Å². The number of hydrogen-bond acceptors (Lipinski definition) is 5. The van der Waals surface area contributed by atoms with Crippen molar-refractivity contribution in [3.05, 3.63) is 57.4 Å². The topological polar surface area (TPSA) is 70.8 Å². The van der Waals surface area contributed by atoms with Crippen LogP contribution in [0.2, 0.25) is 0 Å². The zero-order chi connectivity index (χ0) is 17.3. The summed E-state index contributed by atoms with van der Waals surface area (Å²) in [7, 11) is 0. The lowest BCUT2D eigenvalue weighted by atomic mass is 9.98. The van der Waals surface area contributed by atoms with Gasteiger partial charge in [-0.2, -0.15) is 0 Å². The average molecular weight is 345 g/mol. The summed E-state index contributed by atoms with van der Waals surface area (Å²) >= 11 is 1.48. The van der Waals surface area contributed by atoms with E-state index in [1.807, 2.05) is 25.3 Å². The van der Waals surface area contributed by atoms with Crippen molar-refractivity contribution >= 4 is 23.0 Å². The maximum absolute atomic E-state index is 12.8. The fourth-order valence-electron chi connectivity index (χ4n) is 2.92. The van der Waals surface area contributed by atoms with Crippen LogP contribution in [0, 0.1) is 6.92 Å². The Bertz CT molecular complexity index is 788. The zero-order valence-electron chi connectivity index (χ0n) is 13.6. The number of aliphatic hydroxyl groups excluding tert-OH is 1. The third-order valence-corrected chi connectivity index (χ3v) is 5.27. The van der Waals surface area contributed by atoms with Crippen LogP contribution in [-0.4, -0.2) is 28.2 Å². The Morgan fingerprint density at radius 1 is 1.42 bits per heavy atom. The first-order valence-electron chi connectivity index (χ1n) is 7.92. The minimum atomic E-state index is -0.554. The summed E-state index contributed by atoms with van der Waals surface area (Å²) in [6.07, 6.45) is 3.13. The molecule has 1 N–H and O–H groups in total. The summed E-state index contributed by atoms with van der Waals surface area (Å²) in [5, 5.41) is 12.3. The standard InChI is InChI=1S/C18H19NO4S/c1-3-4-8-19-14(17-11(2)7-10-24-17)13(16(21)18(19)22)15(20)12-6-5-9-23-12/h5-7,9-10,14,21H,3-4,8H2,1-2H3. The van der Waals surface area contributed by atoms with Gasteiger partial charge in [0.25, 0.3) is 5.91 Å². The molecule has 3 rings (SSSR count). The van der Waals surface area contributed by atoms with Crippen LogP contribution in [0.25, 0.3) is 0 Å². The van der Waals surface area contributed by atoms with Crippen molar-refractivity contribution in [1.82, 2.24) is 4.90 Å². The molecule has 2 aromatic heterocycles. The van der Waals surface area contributed by atoms with E-state index in [4.69, 9.17) is 4.42 Å². The second-order valence-electron chi connectivity index (χ2n) is 5.79. The van der Waals surface area contributed by atoms with E-state index >= 15 is 0 Å². The number of amides is 1. The van der Waals surface area contributed by atoms with E-state index in [0.29, 0.717) is 6.54 Å². The maximum Gasteiger partial charge on any atom is 0.290 e. The number of Topliss-reactive ketones (excluding diaryl/α,β-unsaturated/α-hetero) is 1. The van der Waals surface area contributed by atoms with Gasteiger partial charge in [-0.25, -0.2) is 0 Å². The molecule has 0 saturated heterocycles. The van der Waals surface area contributed by atoms with Crippen LogP contribution in [0.5, 0.6) is 0 Å². The molecule has 2 aromatic rings. The summed E-state index contributed by atoms with van der Waals surface area (Å²) < 4.78 is 5.18. The van der Waals surface area contributed by atoms with Crippen molar-refractivity contribution in [2.45, 2.75) is 32.7 Å². The summed E-state index contributed by atoms with van der Waals surface area (Å²) in [6, 6.07) is 4.55. The molecule has 0 bridgehead atoms. The van der Waals surface area contributed by atoms with Crippen LogP contribution in [0.15, 0.2) is 45.6 Å². The monoisotopic (exact) mass is 345 g/mol. The second kappa shape index (κ2) is 6.65. The number of thiophene rings is 1. The van der Waals surface area contributed by atoms with Crippen LogP contribution in [0.4, 0.5) is 0 Å². The van der Waals surface area contributed by atoms with Gasteiger partial charge in [-0.3, -0.25) is 9.59 Å². The molecule has 5 nitrogen and oxygen atoms in total. The van der Waals surface area contributed by atoms with Crippen LogP contribution in [0.1, 0.15) is 46.8 Å². The van der Waals surface area contributed by atoms with Gasteiger partial charge in [-0.15, -0.1) is 11.3 Å². The van der Waals surface area contributed by atoms with Crippen LogP contribution in [0.3, 0.4) is 0 Å². The Kier molecular flexibility index (Phi) is 4.57. The van der Waals surface area contributed by atoms with Gasteiger partial charge in [0.2, 0.25) is 5.78 Å². The Morgan fingerprint density at radius 2 is 2.21 bits per heavy atom. The summed E-state index contributed by atoms with van der Waals surface area (Å²) in [5.41, 5.74) is 1.11. The quantitative estimate of drug-likeness (QED) is 0.803. The van der Waals surface area contributed by atoms with Crippen molar-refractivity contribution in [2.75, 3.05) is 6.54 Å². The third kappa shape index (κ3) is 2.67. The molecule has 0 radical (unpaired) electrons. The summed E-state index contributed by atoms with van der Waals surface area (Å²) in [4.78, 5) is 27.9. The van der Waals surface area contributed by atoms with E-state index in [1.165, 1.54) is 17.6 Å². The molecule has 3 heterocycles. The van der Waals surface area contributed by atoms with Gasteiger partial charge in [0, 0.05) is 11.4 Å². The average Bonchev–Trinajstić information content (AvgIpc) is 3.28. The van der Waals surface area contributed by atoms with Gasteiger partial charge in [-0.1, -0.05) is 13.3 Å². The number of ketones is 1. The number of nitrogens with zero attached hydrogens (tertiary/aromatic N) is 1. The molecule has 1 atom stereocenters. The number of unbranched alkanes of at least 4 members (excludes halogenated alkanes) is 1. The molecule has 1 unspecified atom stereocenters. The molecule has 6 heteroatoms. The molecule has 0 aromatic carbocycles. The molecule has 1 aliphatic rings. The Morgan fingerprint density at radius 3 is 2.79 bits per heavy atom. The Hall–Kier alpha value is -2.34. The SMILES string of the molecule is CCCCN1C(=O)C(O)=C(C(=O)c2ccco2)C1c1sccc1C. The second-order valence-corrected chi connectivity index (χ2v) is 6.74. The van der Waals surface area contributed by atoms with Gasteiger partial charge in [0.05, 0.1) is 17.9 Å². The number of aryl methyl sites for hydroxylation is 1. The molecule has 0 spiro atoms. The van der Waals surface area contributed by atoms with Gasteiger partial charge >= 0.3 is 0 Å². The predicted molar refractivity (Wildman–Crippen MR) is 91.1 cm³/mol. The fourth-order valence-corrected chi connectivity index (χ4v) is 3.97. The highest BCUT2D eigenvalue weighted by atomic mass is 32.1. The minimum Gasteiger partial charge on any atom is -0.503 e. The Balaban J connectivity index is 2.07. The molecular weight excluding hydrogens is 326 g/mol. The summed E-state index contributed by atoms with van der Waals surface area (Å²) in [6.45, 7) is 4.48. The first-order chi connectivity index (χ1) is 11.6.